The first-order valence-electron chi connectivity index (χ1n) is 6.32. The Balaban J connectivity index is 2.30. The fourth-order valence-electron chi connectivity index (χ4n) is 2.40. The third-order valence-corrected chi connectivity index (χ3v) is 5.56. The number of hydrogen-bond acceptors (Lipinski definition) is 3. The molecule has 0 bridgehead atoms. The molecule has 0 amide bonds. The minimum atomic E-state index is -3.48. The van der Waals surface area contributed by atoms with Crippen molar-refractivity contribution in [2.75, 3.05) is 13.1 Å². The summed E-state index contributed by atoms with van der Waals surface area (Å²) >= 11 is 0. The summed E-state index contributed by atoms with van der Waals surface area (Å²) in [7, 11) is -3.48. The molecule has 0 aliphatic carbocycles. The highest BCUT2D eigenvalue weighted by molar-refractivity contribution is 7.89. The van der Waals surface area contributed by atoms with Gasteiger partial charge in [-0.3, -0.25) is 5.41 Å². The predicted molar refractivity (Wildman–Crippen MR) is 74.6 cm³/mol. The summed E-state index contributed by atoms with van der Waals surface area (Å²) in [6.45, 7) is 2.60. The molecule has 5 nitrogen and oxygen atoms in total. The zero-order valence-corrected chi connectivity index (χ0v) is 11.8. The third kappa shape index (κ3) is 2.79. The van der Waals surface area contributed by atoms with E-state index in [4.69, 9.17) is 11.1 Å². The van der Waals surface area contributed by atoms with Gasteiger partial charge in [-0.1, -0.05) is 18.2 Å². The molecule has 1 saturated heterocycles. The van der Waals surface area contributed by atoms with Crippen LogP contribution in [0.15, 0.2) is 29.2 Å². The van der Waals surface area contributed by atoms with Gasteiger partial charge in [0.15, 0.2) is 0 Å². The molecule has 2 rings (SSSR count). The summed E-state index contributed by atoms with van der Waals surface area (Å²) in [6, 6.07) is 6.97. The van der Waals surface area contributed by atoms with Crippen molar-refractivity contribution in [3.8, 4) is 0 Å². The molecule has 0 radical (unpaired) electrons. The minimum absolute atomic E-state index is 0.0738. The highest BCUT2D eigenvalue weighted by Crippen LogP contribution is 2.25. The summed E-state index contributed by atoms with van der Waals surface area (Å²) in [5, 5.41) is 7.49. The van der Waals surface area contributed by atoms with Crippen LogP contribution in [0.25, 0.3) is 0 Å². The van der Waals surface area contributed by atoms with Crippen molar-refractivity contribution in [3.63, 3.8) is 0 Å². The number of hydrogen-bond donors (Lipinski definition) is 2. The molecule has 3 N–H and O–H groups in total. The van der Waals surface area contributed by atoms with E-state index in [9.17, 15) is 8.42 Å². The summed E-state index contributed by atoms with van der Waals surface area (Å²) < 4.78 is 26.6. The second-order valence-electron chi connectivity index (χ2n) is 4.92. The molecular formula is C13H19N3O2S. The number of nitrogens with one attached hydrogen (secondary N) is 1. The van der Waals surface area contributed by atoms with Crippen LogP contribution in [0.5, 0.6) is 0 Å². The molecule has 104 valence electrons. The van der Waals surface area contributed by atoms with Gasteiger partial charge < -0.3 is 5.73 Å². The van der Waals surface area contributed by atoms with Crippen LogP contribution >= 0.6 is 0 Å². The lowest BCUT2D eigenvalue weighted by atomic mass is 9.99. The fraction of sp³-hybridized carbons (Fsp3) is 0.462. The van der Waals surface area contributed by atoms with E-state index in [-0.39, 0.29) is 11.8 Å². The summed E-state index contributed by atoms with van der Waals surface area (Å²) in [5.74, 6) is -0.0859. The third-order valence-electron chi connectivity index (χ3n) is 3.54. The molecule has 1 aromatic rings. The van der Waals surface area contributed by atoms with Crippen LogP contribution in [0.4, 0.5) is 0 Å². The van der Waals surface area contributed by atoms with Gasteiger partial charge in [-0.15, -0.1) is 0 Å². The predicted octanol–water partition coefficient (Wildman–Crippen LogP) is 1.33. The molecule has 19 heavy (non-hydrogen) atoms. The van der Waals surface area contributed by atoms with Gasteiger partial charge in [0.1, 0.15) is 0 Å². The van der Waals surface area contributed by atoms with Gasteiger partial charge in [0.05, 0.1) is 10.7 Å². The number of piperidine rings is 1. The lowest BCUT2D eigenvalue weighted by Crippen LogP contribution is -2.43. The van der Waals surface area contributed by atoms with Crippen molar-refractivity contribution >= 4 is 15.9 Å². The van der Waals surface area contributed by atoms with E-state index >= 15 is 0 Å². The first kappa shape index (κ1) is 14.0. The second-order valence-corrected chi connectivity index (χ2v) is 6.83. The van der Waals surface area contributed by atoms with E-state index in [1.54, 1.807) is 25.1 Å². The number of amidine groups is 1. The lowest BCUT2D eigenvalue weighted by Gasteiger charge is -2.31. The summed E-state index contributed by atoms with van der Waals surface area (Å²) in [4.78, 5) is 0.346. The minimum Gasteiger partial charge on any atom is -0.387 e. The standard InChI is InChI=1S/C13H19N3O2S/c1-10-5-2-3-7-12(10)19(17,18)16-8-4-6-11(9-16)13(14)15/h2-3,5,7,11H,4,6,8-9H2,1H3,(H3,14,15). The molecule has 1 unspecified atom stereocenters. The van der Waals surface area contributed by atoms with Gasteiger partial charge in [-0.25, -0.2) is 8.42 Å². The van der Waals surface area contributed by atoms with Gasteiger partial charge in [0, 0.05) is 19.0 Å². The van der Waals surface area contributed by atoms with Gasteiger partial charge in [-0.2, -0.15) is 4.31 Å². The topological polar surface area (TPSA) is 87.2 Å². The van der Waals surface area contributed by atoms with Crippen LogP contribution in [-0.2, 0) is 10.0 Å². The Hall–Kier alpha value is -1.40. The maximum atomic E-state index is 12.6. The highest BCUT2D eigenvalue weighted by atomic mass is 32.2. The van der Waals surface area contributed by atoms with E-state index in [1.165, 1.54) is 4.31 Å². The van der Waals surface area contributed by atoms with Crippen molar-refractivity contribution in [2.45, 2.75) is 24.7 Å². The number of aryl methyl sites for hydroxylation is 1. The van der Waals surface area contributed by atoms with Crippen LogP contribution in [0.3, 0.4) is 0 Å². The molecule has 1 aromatic carbocycles. The lowest BCUT2D eigenvalue weighted by molar-refractivity contribution is 0.310. The molecule has 0 saturated carbocycles. The molecule has 1 fully saturated rings. The Kier molecular flexibility index (Phi) is 3.91. The number of benzene rings is 1. The molecule has 1 aliphatic rings. The molecule has 1 aliphatic heterocycles. The normalized spacial score (nSPS) is 21.2. The molecule has 6 heteroatoms. The number of nitrogens with zero attached hydrogens (tertiary/aromatic N) is 1. The molecule has 0 spiro atoms. The Morgan fingerprint density at radius 2 is 2.11 bits per heavy atom. The summed E-state index contributed by atoms with van der Waals surface area (Å²) in [6.07, 6.45) is 1.53. The van der Waals surface area contributed by atoms with Crippen LogP contribution in [0, 0.1) is 18.3 Å². The fourth-order valence-corrected chi connectivity index (χ4v) is 4.15. The number of nitrogens with two attached hydrogens (primary N) is 1. The van der Waals surface area contributed by atoms with E-state index in [1.807, 2.05) is 6.07 Å². The van der Waals surface area contributed by atoms with Crippen molar-refractivity contribution < 1.29 is 8.42 Å². The van der Waals surface area contributed by atoms with Crippen LogP contribution < -0.4 is 5.73 Å². The monoisotopic (exact) mass is 281 g/mol. The van der Waals surface area contributed by atoms with Crippen molar-refractivity contribution in [1.29, 1.82) is 5.41 Å². The second kappa shape index (κ2) is 5.30. The maximum Gasteiger partial charge on any atom is 0.243 e. The Morgan fingerprint density at radius 3 is 2.74 bits per heavy atom. The van der Waals surface area contributed by atoms with E-state index < -0.39 is 10.0 Å². The average molecular weight is 281 g/mol. The molecule has 1 heterocycles. The maximum absolute atomic E-state index is 12.6. The van der Waals surface area contributed by atoms with Gasteiger partial charge >= 0.3 is 0 Å². The van der Waals surface area contributed by atoms with Crippen LogP contribution in [0.2, 0.25) is 0 Å². The smallest absolute Gasteiger partial charge is 0.243 e. The van der Waals surface area contributed by atoms with E-state index in [0.29, 0.717) is 18.0 Å². The number of rotatable bonds is 3. The van der Waals surface area contributed by atoms with Gasteiger partial charge in [0.25, 0.3) is 0 Å². The van der Waals surface area contributed by atoms with Crippen molar-refractivity contribution in [1.82, 2.24) is 4.31 Å². The quantitative estimate of drug-likeness (QED) is 0.647. The Labute approximate surface area is 114 Å². The van der Waals surface area contributed by atoms with Crippen LogP contribution in [-0.4, -0.2) is 31.6 Å². The largest absolute Gasteiger partial charge is 0.387 e. The van der Waals surface area contributed by atoms with Crippen LogP contribution in [0.1, 0.15) is 18.4 Å². The zero-order chi connectivity index (χ0) is 14.0. The van der Waals surface area contributed by atoms with Crippen molar-refractivity contribution in [3.05, 3.63) is 29.8 Å². The van der Waals surface area contributed by atoms with Gasteiger partial charge in [0.2, 0.25) is 10.0 Å². The number of sulfonamides is 1. The van der Waals surface area contributed by atoms with Crippen molar-refractivity contribution in [2.24, 2.45) is 11.7 Å². The Morgan fingerprint density at radius 1 is 1.42 bits per heavy atom. The summed E-state index contributed by atoms with van der Waals surface area (Å²) in [5.41, 5.74) is 6.25. The SMILES string of the molecule is Cc1ccccc1S(=O)(=O)N1CCCC(C(=N)N)C1. The van der Waals surface area contributed by atoms with E-state index in [2.05, 4.69) is 0 Å². The highest BCUT2D eigenvalue weighted by Gasteiger charge is 2.31. The molecule has 1 atom stereocenters. The van der Waals surface area contributed by atoms with Gasteiger partial charge in [-0.05, 0) is 31.4 Å². The Bertz CT molecular complexity index is 583. The molecular weight excluding hydrogens is 262 g/mol. The van der Waals surface area contributed by atoms with E-state index in [0.717, 1.165) is 18.4 Å². The zero-order valence-electron chi connectivity index (χ0n) is 11.0. The molecule has 0 aromatic heterocycles. The first-order valence-corrected chi connectivity index (χ1v) is 7.76. The average Bonchev–Trinajstić information content (AvgIpc) is 2.39. The first-order chi connectivity index (χ1) is 8.93.